The Morgan fingerprint density at radius 3 is 1.23 bits per heavy atom. The Hall–Kier alpha value is 0.390. The molecule has 0 aromatic carbocycles. The smallest absolute Gasteiger partial charge is 0.373 e. The van der Waals surface area contributed by atoms with Gasteiger partial charge in [0.05, 0.1) is 0 Å². The summed E-state index contributed by atoms with van der Waals surface area (Å²) in [5, 5.41) is 6.73. The van der Waals surface area contributed by atoms with Crippen LogP contribution in [-0.4, -0.2) is 21.9 Å². The maximum absolute atomic E-state index is 7.90. The van der Waals surface area contributed by atoms with Crippen LogP contribution in [0.4, 0.5) is 0 Å². The van der Waals surface area contributed by atoms with E-state index in [1.54, 1.807) is 0 Å². The van der Waals surface area contributed by atoms with Crippen molar-refractivity contribution in [3.8, 4) is 0 Å². The van der Waals surface area contributed by atoms with Crippen LogP contribution in [0.25, 0.3) is 36.9 Å². The zero-order valence-electron chi connectivity index (χ0n) is 12.9. The van der Waals surface area contributed by atoms with E-state index in [9.17, 15) is 0 Å². The van der Waals surface area contributed by atoms with Gasteiger partial charge in [-0.1, -0.05) is 68.3 Å². The molecule has 0 aromatic heterocycles. The number of alkyl halides is 2. The van der Waals surface area contributed by atoms with Crippen molar-refractivity contribution in [1.29, 1.82) is 0 Å². The third-order valence-electron chi connectivity index (χ3n) is 1.91. The van der Waals surface area contributed by atoms with E-state index in [1.165, 1.54) is 33.0 Å². The van der Waals surface area contributed by atoms with Gasteiger partial charge < -0.3 is 11.1 Å². The summed E-state index contributed by atoms with van der Waals surface area (Å²) < 4.78 is 2.66. The zero-order valence-corrected chi connectivity index (χ0v) is 19.2. The van der Waals surface area contributed by atoms with Crippen LogP contribution in [0.5, 0.6) is 0 Å². The number of unbranched alkanes of at least 4 members (excludes halogenated alkanes) is 4. The summed E-state index contributed by atoms with van der Waals surface area (Å²) in [5.41, 5.74) is 29.3. The number of rotatable bonds is 10. The molecule has 0 heterocycles. The van der Waals surface area contributed by atoms with E-state index in [0.717, 1.165) is 19.3 Å². The molecule has 0 saturated carbocycles. The number of hydrogen-bond acceptors (Lipinski definition) is 2. The Bertz CT molecular complexity index is 300. The summed E-state index contributed by atoms with van der Waals surface area (Å²) in [6.45, 7) is 1.07. The van der Waals surface area contributed by atoms with Gasteiger partial charge in [-0.25, -0.2) is 0 Å². The summed E-state index contributed by atoms with van der Waals surface area (Å²) in [5.74, 6) is 0. The molecule has 0 radical (unpaired) electrons. The van der Waals surface area contributed by atoms with E-state index in [4.69, 9.17) is 22.1 Å². The molecular formula is C10H20I2N9Na. The molecule has 0 rings (SSSR count). The average Bonchev–Trinajstić information content (AvgIpc) is 2.49. The van der Waals surface area contributed by atoms with E-state index in [-0.39, 0.29) is 29.6 Å². The van der Waals surface area contributed by atoms with Crippen LogP contribution < -0.4 is 29.6 Å². The van der Waals surface area contributed by atoms with Crippen molar-refractivity contribution in [2.24, 2.45) is 10.2 Å². The Morgan fingerprint density at radius 2 is 0.955 bits per heavy atom. The molecule has 22 heavy (non-hydrogen) atoms. The van der Waals surface area contributed by atoms with Crippen LogP contribution in [-0.2, 0) is 0 Å². The number of nitrogens with zero attached hydrogens (tertiary/aromatic N) is 9. The van der Waals surface area contributed by atoms with Crippen molar-refractivity contribution in [2.45, 2.75) is 38.5 Å². The van der Waals surface area contributed by atoms with Crippen LogP contribution in [0.1, 0.15) is 38.5 Å². The molecule has 0 aliphatic rings. The second kappa shape index (κ2) is 37.5. The van der Waals surface area contributed by atoms with E-state index < -0.39 is 0 Å². The predicted octanol–water partition coefficient (Wildman–Crippen LogP) is 3.67. The molecular weight excluding hydrogens is 523 g/mol. The molecule has 9 nitrogen and oxygen atoms in total. The van der Waals surface area contributed by atoms with E-state index in [1.807, 2.05) is 0 Å². The van der Waals surface area contributed by atoms with Gasteiger partial charge in [0.25, 0.3) is 0 Å². The first-order valence-corrected chi connectivity index (χ1v) is 9.42. The maximum Gasteiger partial charge on any atom is 1.00 e. The standard InChI is InChI=1S/C5H10I2.C5H10N6.N3.Na/c6-4-2-1-3-5-7;6-10-8-4-2-1-3-5-9-11-7;1-3-2;/h1-5H2;1-5H2;;/q;;-1;+1. The van der Waals surface area contributed by atoms with Gasteiger partial charge in [0.2, 0.25) is 0 Å². The molecule has 0 aromatic rings. The quantitative estimate of drug-likeness (QED) is 0.0750. The van der Waals surface area contributed by atoms with Gasteiger partial charge in [0, 0.05) is 22.9 Å². The number of hydrogen-bond donors (Lipinski definition) is 0. The molecule has 0 bridgehead atoms. The van der Waals surface area contributed by atoms with E-state index >= 15 is 0 Å². The first-order valence-electron chi connectivity index (χ1n) is 6.37. The maximum atomic E-state index is 7.90. The first-order chi connectivity index (χ1) is 10.2. The fourth-order valence-corrected chi connectivity index (χ4v) is 2.08. The third-order valence-corrected chi connectivity index (χ3v) is 3.44. The fourth-order valence-electron chi connectivity index (χ4n) is 0.997. The van der Waals surface area contributed by atoms with Crippen molar-refractivity contribution in [2.75, 3.05) is 21.9 Å². The molecule has 0 unspecified atom stereocenters. The second-order valence-corrected chi connectivity index (χ2v) is 5.66. The van der Waals surface area contributed by atoms with Crippen molar-refractivity contribution in [1.82, 2.24) is 0 Å². The largest absolute Gasteiger partial charge is 1.00 e. The molecule has 120 valence electrons. The molecule has 12 heteroatoms. The topological polar surface area (TPSA) is 156 Å². The Kier molecular flexibility index (Phi) is 51.7. The summed E-state index contributed by atoms with van der Waals surface area (Å²) >= 11 is 4.85. The van der Waals surface area contributed by atoms with Gasteiger partial charge in [-0.3, -0.25) is 4.91 Å². The molecule has 0 fully saturated rings. The fraction of sp³-hybridized carbons (Fsp3) is 1.00. The average molecular weight is 543 g/mol. The minimum atomic E-state index is 0. The number of azide groups is 2. The number of halogens is 2. The minimum Gasteiger partial charge on any atom is -0.373 e. The van der Waals surface area contributed by atoms with Crippen LogP contribution in [0, 0.1) is 0 Å². The van der Waals surface area contributed by atoms with Crippen LogP contribution >= 0.6 is 45.2 Å². The SMILES string of the molecule is ICCCCCI.[N-]=[N+]=NCCCCCN=[N+]=[N-].[N-]=[N+]=[N-].[Na+]. The van der Waals surface area contributed by atoms with Crippen molar-refractivity contribution in [3.05, 3.63) is 36.9 Å². The molecule has 0 aliphatic heterocycles. The summed E-state index contributed by atoms with van der Waals surface area (Å²) in [7, 11) is 0. The van der Waals surface area contributed by atoms with Crippen LogP contribution in [0.15, 0.2) is 10.2 Å². The summed E-state index contributed by atoms with van der Waals surface area (Å²) in [6, 6.07) is 0. The van der Waals surface area contributed by atoms with Gasteiger partial charge in [-0.15, -0.1) is 0 Å². The van der Waals surface area contributed by atoms with Crippen molar-refractivity contribution < 1.29 is 29.6 Å². The van der Waals surface area contributed by atoms with Gasteiger partial charge in [-0.2, -0.15) is 0 Å². The molecule has 0 saturated heterocycles. The van der Waals surface area contributed by atoms with E-state index in [2.05, 4.69) is 65.2 Å². The third kappa shape index (κ3) is 49.9. The van der Waals surface area contributed by atoms with Gasteiger partial charge >= 0.3 is 29.6 Å². The second-order valence-electron chi connectivity index (χ2n) is 3.50. The predicted molar refractivity (Wildman–Crippen MR) is 104 cm³/mol. The monoisotopic (exact) mass is 543 g/mol. The minimum absolute atomic E-state index is 0. The Balaban J connectivity index is -0.000000127. The van der Waals surface area contributed by atoms with E-state index in [0.29, 0.717) is 13.1 Å². The Morgan fingerprint density at radius 1 is 0.636 bits per heavy atom. The molecule has 0 N–H and O–H groups in total. The van der Waals surface area contributed by atoms with Crippen LogP contribution in [0.3, 0.4) is 0 Å². The van der Waals surface area contributed by atoms with Crippen molar-refractivity contribution in [3.63, 3.8) is 0 Å². The van der Waals surface area contributed by atoms with Gasteiger partial charge in [-0.05, 0) is 45.6 Å². The van der Waals surface area contributed by atoms with Gasteiger partial charge in [0.1, 0.15) is 0 Å². The Labute approximate surface area is 180 Å². The van der Waals surface area contributed by atoms with Gasteiger partial charge in [0.15, 0.2) is 0 Å². The molecule has 0 aliphatic carbocycles. The summed E-state index contributed by atoms with van der Waals surface area (Å²) in [4.78, 5) is 6.73. The zero-order chi connectivity index (χ0) is 16.6. The first kappa shape index (κ1) is 30.3. The summed E-state index contributed by atoms with van der Waals surface area (Å²) in [6.07, 6.45) is 6.91. The molecule has 0 amide bonds. The van der Waals surface area contributed by atoms with Crippen molar-refractivity contribution >= 4 is 45.2 Å². The molecule has 0 atom stereocenters. The molecule has 0 spiro atoms. The van der Waals surface area contributed by atoms with Crippen LogP contribution in [0.2, 0.25) is 0 Å². The normalized spacial score (nSPS) is 7.36.